The Balaban J connectivity index is 1.52. The molecule has 3 amide bonds. The summed E-state index contributed by atoms with van der Waals surface area (Å²) >= 11 is 0. The van der Waals surface area contributed by atoms with Gasteiger partial charge in [0.25, 0.3) is 5.91 Å². The third-order valence-electron chi connectivity index (χ3n) is 9.15. The summed E-state index contributed by atoms with van der Waals surface area (Å²) in [5.74, 6) is -1.98. The molecule has 4 aliphatic heterocycles. The lowest BCUT2D eigenvalue weighted by atomic mass is 9.74. The van der Waals surface area contributed by atoms with Crippen LogP contribution in [0, 0.1) is 11.8 Å². The highest BCUT2D eigenvalue weighted by Gasteiger charge is 2.75. The van der Waals surface area contributed by atoms with Crippen molar-refractivity contribution >= 4 is 23.4 Å². The van der Waals surface area contributed by atoms with Crippen LogP contribution in [0.15, 0.2) is 78.9 Å². The van der Waals surface area contributed by atoms with Gasteiger partial charge < -0.3 is 29.3 Å². The van der Waals surface area contributed by atoms with Crippen LogP contribution >= 0.6 is 0 Å². The number of carbonyl (C=O) groups excluding carboxylic acids is 3. The molecular weight excluding hydrogens is 534 g/mol. The first-order valence-corrected chi connectivity index (χ1v) is 14.6. The van der Waals surface area contributed by atoms with Crippen LogP contribution in [0.2, 0.25) is 0 Å². The highest BCUT2D eigenvalue weighted by Crippen LogP contribution is 2.58. The molecule has 0 bridgehead atoms. The first kappa shape index (κ1) is 28.2. The van der Waals surface area contributed by atoms with E-state index in [4.69, 9.17) is 9.47 Å². The van der Waals surface area contributed by atoms with E-state index in [2.05, 4.69) is 0 Å². The minimum absolute atomic E-state index is 0.155. The van der Waals surface area contributed by atoms with E-state index in [0.717, 1.165) is 6.42 Å². The van der Waals surface area contributed by atoms with E-state index in [1.807, 2.05) is 68.5 Å². The molecule has 9 nitrogen and oxygen atoms in total. The molecule has 2 fully saturated rings. The summed E-state index contributed by atoms with van der Waals surface area (Å²) in [5, 5.41) is 10.7. The molecule has 1 N–H and O–H groups in total. The normalized spacial score (nSPS) is 31.0. The molecule has 0 radical (unpaired) electrons. The van der Waals surface area contributed by atoms with E-state index in [-0.39, 0.29) is 24.3 Å². The SMILES string of the molecule is CCCN1CC=C[C@]2(C)O[C@]34C=CCN(c5ccc(OC)cc5)C(=O)C3N([C@H](CO)c3ccccc3)C(=O)[C@@H]4[C@@H]2C1=O. The average Bonchev–Trinajstić information content (AvgIpc) is 3.27. The van der Waals surface area contributed by atoms with Crippen LogP contribution in [-0.2, 0) is 19.1 Å². The molecule has 4 aliphatic rings. The van der Waals surface area contributed by atoms with Crippen molar-refractivity contribution in [1.29, 1.82) is 0 Å². The summed E-state index contributed by atoms with van der Waals surface area (Å²) < 4.78 is 12.2. The molecular formula is C33H37N3O6. The van der Waals surface area contributed by atoms with Crippen molar-refractivity contribution in [2.45, 2.75) is 43.6 Å². The van der Waals surface area contributed by atoms with Gasteiger partial charge in [0.05, 0.1) is 37.2 Å². The average molecular weight is 572 g/mol. The lowest BCUT2D eigenvalue weighted by molar-refractivity contribution is -0.151. The lowest BCUT2D eigenvalue weighted by Crippen LogP contribution is -2.57. The summed E-state index contributed by atoms with van der Waals surface area (Å²) in [6.07, 6.45) is 8.27. The molecule has 1 spiro atoms. The zero-order chi connectivity index (χ0) is 29.6. The van der Waals surface area contributed by atoms with Crippen molar-refractivity contribution in [3.63, 3.8) is 0 Å². The maximum absolute atomic E-state index is 14.7. The van der Waals surface area contributed by atoms with Crippen molar-refractivity contribution in [1.82, 2.24) is 9.80 Å². The molecule has 2 aromatic carbocycles. The minimum atomic E-state index is -1.41. The molecule has 0 saturated carbocycles. The van der Waals surface area contributed by atoms with Crippen LogP contribution < -0.4 is 9.64 Å². The number of aliphatic hydroxyl groups excluding tert-OH is 1. The Kier molecular flexibility index (Phi) is 7.19. The Morgan fingerprint density at radius 1 is 0.952 bits per heavy atom. The van der Waals surface area contributed by atoms with Crippen molar-refractivity contribution in [3.05, 3.63) is 84.5 Å². The van der Waals surface area contributed by atoms with E-state index in [1.54, 1.807) is 41.2 Å². The molecule has 9 heteroatoms. The molecule has 42 heavy (non-hydrogen) atoms. The number of aliphatic hydroxyl groups is 1. The Morgan fingerprint density at radius 3 is 2.33 bits per heavy atom. The first-order chi connectivity index (χ1) is 20.3. The van der Waals surface area contributed by atoms with Crippen molar-refractivity contribution in [2.75, 3.05) is 38.3 Å². The van der Waals surface area contributed by atoms with Gasteiger partial charge in [-0.05, 0) is 43.2 Å². The number of ether oxygens (including phenoxy) is 2. The van der Waals surface area contributed by atoms with Gasteiger partial charge in [-0.2, -0.15) is 0 Å². The standard InChI is InChI=1S/C33H37N3O6/c1-4-18-34-19-8-16-32(2)26(29(34)38)27-30(39)36(25(21-37)22-10-6-5-7-11-22)28-31(40)35(20-9-17-33(27,28)42-32)23-12-14-24(41-3)15-13-23/h5-17,25-28,37H,4,18-21H2,1-3H3/t25-,26-,27+,28?,32+,33+/m1/s1. The number of amides is 3. The van der Waals surface area contributed by atoms with Gasteiger partial charge in [-0.25, -0.2) is 0 Å². The molecule has 2 aromatic rings. The smallest absolute Gasteiger partial charge is 0.253 e. The van der Waals surface area contributed by atoms with E-state index < -0.39 is 41.7 Å². The number of benzene rings is 2. The molecule has 0 aliphatic carbocycles. The zero-order valence-electron chi connectivity index (χ0n) is 24.2. The first-order valence-electron chi connectivity index (χ1n) is 14.6. The fourth-order valence-electron chi connectivity index (χ4n) is 7.34. The van der Waals surface area contributed by atoms with Gasteiger partial charge in [0, 0.05) is 25.3 Å². The number of carbonyl (C=O) groups is 3. The number of fused-ring (bicyclic) bond motifs is 2. The molecule has 6 rings (SSSR count). The number of rotatable bonds is 7. The summed E-state index contributed by atoms with van der Waals surface area (Å²) in [6, 6.07) is 14.5. The van der Waals surface area contributed by atoms with Gasteiger partial charge in [-0.3, -0.25) is 14.4 Å². The van der Waals surface area contributed by atoms with E-state index in [9.17, 15) is 19.5 Å². The van der Waals surface area contributed by atoms with Crippen LogP contribution in [0.25, 0.3) is 0 Å². The Morgan fingerprint density at radius 2 is 1.67 bits per heavy atom. The van der Waals surface area contributed by atoms with Crippen molar-refractivity contribution in [2.24, 2.45) is 11.8 Å². The highest BCUT2D eigenvalue weighted by atomic mass is 16.5. The number of hydrogen-bond acceptors (Lipinski definition) is 6. The highest BCUT2D eigenvalue weighted by molar-refractivity contribution is 6.06. The van der Waals surface area contributed by atoms with Crippen molar-refractivity contribution < 1.29 is 29.0 Å². The van der Waals surface area contributed by atoms with Gasteiger partial charge in [-0.15, -0.1) is 0 Å². The Bertz CT molecular complexity index is 1430. The van der Waals surface area contributed by atoms with Gasteiger partial charge in [-0.1, -0.05) is 61.6 Å². The maximum atomic E-state index is 14.7. The molecule has 0 aromatic heterocycles. The van der Waals surface area contributed by atoms with Crippen LogP contribution in [-0.4, -0.2) is 83.2 Å². The van der Waals surface area contributed by atoms with Gasteiger partial charge in [0.15, 0.2) is 0 Å². The second kappa shape index (κ2) is 10.7. The maximum Gasteiger partial charge on any atom is 0.253 e. The largest absolute Gasteiger partial charge is 0.497 e. The van der Waals surface area contributed by atoms with Crippen LogP contribution in [0.5, 0.6) is 5.75 Å². The van der Waals surface area contributed by atoms with Crippen molar-refractivity contribution in [3.8, 4) is 5.75 Å². The fourth-order valence-corrected chi connectivity index (χ4v) is 7.34. The third-order valence-corrected chi connectivity index (χ3v) is 9.15. The summed E-state index contributed by atoms with van der Waals surface area (Å²) in [7, 11) is 1.58. The predicted octanol–water partition coefficient (Wildman–Crippen LogP) is 3.11. The lowest BCUT2D eigenvalue weighted by Gasteiger charge is -2.40. The van der Waals surface area contributed by atoms with Gasteiger partial charge >= 0.3 is 0 Å². The quantitative estimate of drug-likeness (QED) is 0.513. The summed E-state index contributed by atoms with van der Waals surface area (Å²) in [5.41, 5.74) is -1.16. The third kappa shape index (κ3) is 4.17. The van der Waals surface area contributed by atoms with Crippen LogP contribution in [0.4, 0.5) is 5.69 Å². The number of hydrogen-bond donors (Lipinski definition) is 1. The second-order valence-corrected chi connectivity index (χ2v) is 11.6. The number of methoxy groups -OCH3 is 1. The van der Waals surface area contributed by atoms with E-state index in [1.165, 1.54) is 4.90 Å². The second-order valence-electron chi connectivity index (χ2n) is 11.6. The molecule has 1 unspecified atom stereocenters. The van der Waals surface area contributed by atoms with Crippen LogP contribution in [0.3, 0.4) is 0 Å². The minimum Gasteiger partial charge on any atom is -0.497 e. The number of nitrogens with zero attached hydrogens (tertiary/aromatic N) is 3. The predicted molar refractivity (Wildman–Crippen MR) is 157 cm³/mol. The number of anilines is 1. The zero-order valence-corrected chi connectivity index (χ0v) is 24.2. The van der Waals surface area contributed by atoms with Crippen LogP contribution in [0.1, 0.15) is 31.9 Å². The number of likely N-dealkylation sites (tertiary alicyclic amines) is 1. The van der Waals surface area contributed by atoms with E-state index >= 15 is 0 Å². The van der Waals surface area contributed by atoms with Gasteiger partial charge in [0.1, 0.15) is 17.4 Å². The molecule has 2 saturated heterocycles. The van der Waals surface area contributed by atoms with E-state index in [0.29, 0.717) is 30.1 Å². The summed E-state index contributed by atoms with van der Waals surface area (Å²) in [4.78, 5) is 48.5. The monoisotopic (exact) mass is 571 g/mol. The topological polar surface area (TPSA) is 99.6 Å². The Hall–Kier alpha value is -3.95. The molecule has 4 heterocycles. The Labute approximate surface area is 246 Å². The molecule has 220 valence electrons. The summed E-state index contributed by atoms with van der Waals surface area (Å²) in [6.45, 7) is 4.70. The fraction of sp³-hybridized carbons (Fsp3) is 0.424. The van der Waals surface area contributed by atoms with Gasteiger partial charge in [0.2, 0.25) is 11.8 Å². The molecule has 6 atom stereocenters.